The molecule has 1 heterocycles. The van der Waals surface area contributed by atoms with E-state index in [0.717, 1.165) is 30.4 Å². The molecule has 1 aromatic heterocycles. The standard InChI is InChI=1S/C14H18N4O/c1-15-13-9-14(18-10-17-13)16-7-6-11-4-3-5-12(8-11)19-2/h3-5,8-10H,6-7H2,1-2H3,(H2,15,16,17,18). The number of anilines is 2. The van der Waals surface area contributed by atoms with Crippen molar-refractivity contribution in [3.63, 3.8) is 0 Å². The molecular weight excluding hydrogens is 240 g/mol. The van der Waals surface area contributed by atoms with Gasteiger partial charge < -0.3 is 15.4 Å². The van der Waals surface area contributed by atoms with Crippen molar-refractivity contribution in [1.29, 1.82) is 0 Å². The lowest BCUT2D eigenvalue weighted by molar-refractivity contribution is 0.414. The minimum absolute atomic E-state index is 0.805. The molecule has 2 N–H and O–H groups in total. The van der Waals surface area contributed by atoms with Crippen LogP contribution in [0.3, 0.4) is 0 Å². The number of hydrogen-bond acceptors (Lipinski definition) is 5. The molecule has 1 aromatic carbocycles. The molecule has 100 valence electrons. The van der Waals surface area contributed by atoms with Crippen LogP contribution >= 0.6 is 0 Å². The lowest BCUT2D eigenvalue weighted by Gasteiger charge is -2.07. The Kier molecular flexibility index (Phi) is 4.55. The normalized spacial score (nSPS) is 10.0. The van der Waals surface area contributed by atoms with E-state index in [4.69, 9.17) is 4.74 Å². The van der Waals surface area contributed by atoms with Crippen molar-refractivity contribution < 1.29 is 4.74 Å². The van der Waals surface area contributed by atoms with Gasteiger partial charge in [0.05, 0.1) is 7.11 Å². The maximum absolute atomic E-state index is 5.20. The van der Waals surface area contributed by atoms with E-state index in [0.29, 0.717) is 0 Å². The number of hydrogen-bond donors (Lipinski definition) is 2. The molecule has 0 aliphatic rings. The topological polar surface area (TPSA) is 59.1 Å². The van der Waals surface area contributed by atoms with Gasteiger partial charge in [0.1, 0.15) is 23.7 Å². The van der Waals surface area contributed by atoms with Crippen LogP contribution in [0.4, 0.5) is 11.6 Å². The van der Waals surface area contributed by atoms with Crippen LogP contribution in [-0.2, 0) is 6.42 Å². The van der Waals surface area contributed by atoms with Crippen LogP contribution in [0.25, 0.3) is 0 Å². The smallest absolute Gasteiger partial charge is 0.131 e. The Hall–Kier alpha value is -2.30. The van der Waals surface area contributed by atoms with Gasteiger partial charge in [-0.3, -0.25) is 0 Å². The van der Waals surface area contributed by atoms with E-state index in [1.165, 1.54) is 5.56 Å². The van der Waals surface area contributed by atoms with E-state index in [1.807, 2.05) is 31.3 Å². The molecule has 5 heteroatoms. The van der Waals surface area contributed by atoms with Crippen molar-refractivity contribution in [3.05, 3.63) is 42.2 Å². The van der Waals surface area contributed by atoms with E-state index in [-0.39, 0.29) is 0 Å². The molecular formula is C14H18N4O. The number of benzene rings is 1. The number of rotatable bonds is 6. The molecule has 0 spiro atoms. The van der Waals surface area contributed by atoms with Gasteiger partial charge >= 0.3 is 0 Å². The third kappa shape index (κ3) is 3.84. The fourth-order valence-electron chi connectivity index (χ4n) is 1.75. The summed E-state index contributed by atoms with van der Waals surface area (Å²) in [5, 5.41) is 6.26. The van der Waals surface area contributed by atoms with E-state index < -0.39 is 0 Å². The number of nitrogens with zero attached hydrogens (tertiary/aromatic N) is 2. The minimum atomic E-state index is 0.805. The predicted octanol–water partition coefficient (Wildman–Crippen LogP) is 2.18. The Morgan fingerprint density at radius 3 is 2.79 bits per heavy atom. The van der Waals surface area contributed by atoms with E-state index in [9.17, 15) is 0 Å². The van der Waals surface area contributed by atoms with Gasteiger partial charge in [-0.05, 0) is 24.1 Å². The summed E-state index contributed by atoms with van der Waals surface area (Å²) in [5.41, 5.74) is 1.23. The Morgan fingerprint density at radius 1 is 1.16 bits per heavy atom. The monoisotopic (exact) mass is 258 g/mol. The quantitative estimate of drug-likeness (QED) is 0.831. The van der Waals surface area contributed by atoms with E-state index in [1.54, 1.807) is 13.4 Å². The van der Waals surface area contributed by atoms with Crippen molar-refractivity contribution in [1.82, 2.24) is 9.97 Å². The van der Waals surface area contributed by atoms with Crippen LogP contribution in [0.15, 0.2) is 36.7 Å². The third-order valence-corrected chi connectivity index (χ3v) is 2.78. The van der Waals surface area contributed by atoms with Crippen molar-refractivity contribution >= 4 is 11.6 Å². The second-order valence-corrected chi connectivity index (χ2v) is 4.07. The van der Waals surface area contributed by atoms with Crippen molar-refractivity contribution in [2.75, 3.05) is 31.3 Å². The molecule has 0 bridgehead atoms. The van der Waals surface area contributed by atoms with Gasteiger partial charge in [-0.2, -0.15) is 0 Å². The Bertz CT molecular complexity index is 483. The molecule has 5 nitrogen and oxygen atoms in total. The molecule has 0 fully saturated rings. The molecule has 2 rings (SSSR count). The summed E-state index contributed by atoms with van der Waals surface area (Å²) in [6.45, 7) is 0.813. The van der Waals surface area contributed by atoms with Crippen LogP contribution in [-0.4, -0.2) is 30.7 Å². The first-order valence-electron chi connectivity index (χ1n) is 6.18. The maximum Gasteiger partial charge on any atom is 0.131 e. The molecule has 19 heavy (non-hydrogen) atoms. The Balaban J connectivity index is 1.88. The average molecular weight is 258 g/mol. The number of methoxy groups -OCH3 is 1. The first-order chi connectivity index (χ1) is 9.31. The van der Waals surface area contributed by atoms with Gasteiger partial charge in [0, 0.05) is 19.7 Å². The lowest BCUT2D eigenvalue weighted by Crippen LogP contribution is -2.07. The summed E-state index contributed by atoms with van der Waals surface area (Å²) >= 11 is 0. The summed E-state index contributed by atoms with van der Waals surface area (Å²) in [5.74, 6) is 2.51. The van der Waals surface area contributed by atoms with Gasteiger partial charge in [0.2, 0.25) is 0 Å². The molecule has 0 atom stereocenters. The van der Waals surface area contributed by atoms with Crippen LogP contribution in [0.5, 0.6) is 5.75 Å². The molecule has 0 unspecified atom stereocenters. The molecule has 2 aromatic rings. The van der Waals surface area contributed by atoms with Gasteiger partial charge in [0.15, 0.2) is 0 Å². The summed E-state index contributed by atoms with van der Waals surface area (Å²) in [4.78, 5) is 8.23. The van der Waals surface area contributed by atoms with E-state index >= 15 is 0 Å². The Morgan fingerprint density at radius 2 is 2.00 bits per heavy atom. The van der Waals surface area contributed by atoms with Crippen molar-refractivity contribution in [3.8, 4) is 5.75 Å². The highest BCUT2D eigenvalue weighted by molar-refractivity contribution is 5.46. The first kappa shape index (κ1) is 13.1. The summed E-state index contributed by atoms with van der Waals surface area (Å²) < 4.78 is 5.20. The summed E-state index contributed by atoms with van der Waals surface area (Å²) in [6.07, 6.45) is 2.45. The first-order valence-corrected chi connectivity index (χ1v) is 6.18. The fraction of sp³-hybridized carbons (Fsp3) is 0.286. The number of ether oxygens (including phenoxy) is 1. The lowest BCUT2D eigenvalue weighted by atomic mass is 10.1. The highest BCUT2D eigenvalue weighted by atomic mass is 16.5. The zero-order valence-corrected chi connectivity index (χ0v) is 11.2. The fourth-order valence-corrected chi connectivity index (χ4v) is 1.75. The second-order valence-electron chi connectivity index (χ2n) is 4.07. The van der Waals surface area contributed by atoms with Crippen LogP contribution < -0.4 is 15.4 Å². The van der Waals surface area contributed by atoms with Crippen LogP contribution in [0.2, 0.25) is 0 Å². The summed E-state index contributed by atoms with van der Waals surface area (Å²) in [7, 11) is 3.51. The zero-order chi connectivity index (χ0) is 13.5. The SMILES string of the molecule is CNc1cc(NCCc2cccc(OC)c2)ncn1. The molecule has 0 aliphatic heterocycles. The highest BCUT2D eigenvalue weighted by Crippen LogP contribution is 2.13. The third-order valence-electron chi connectivity index (χ3n) is 2.78. The molecule has 0 radical (unpaired) electrons. The summed E-state index contributed by atoms with van der Waals surface area (Å²) in [6, 6.07) is 9.95. The molecule has 0 amide bonds. The average Bonchev–Trinajstić information content (AvgIpc) is 2.48. The Labute approximate surface area is 113 Å². The minimum Gasteiger partial charge on any atom is -0.497 e. The molecule has 0 saturated carbocycles. The van der Waals surface area contributed by atoms with Crippen molar-refractivity contribution in [2.45, 2.75) is 6.42 Å². The largest absolute Gasteiger partial charge is 0.497 e. The maximum atomic E-state index is 5.20. The molecule has 0 aliphatic carbocycles. The number of aromatic nitrogens is 2. The number of nitrogens with one attached hydrogen (secondary N) is 2. The van der Waals surface area contributed by atoms with Gasteiger partial charge in [-0.25, -0.2) is 9.97 Å². The molecule has 0 saturated heterocycles. The highest BCUT2D eigenvalue weighted by Gasteiger charge is 1.98. The van der Waals surface area contributed by atoms with Gasteiger partial charge in [-0.15, -0.1) is 0 Å². The predicted molar refractivity (Wildman–Crippen MR) is 76.8 cm³/mol. The van der Waals surface area contributed by atoms with Gasteiger partial charge in [-0.1, -0.05) is 12.1 Å². The zero-order valence-electron chi connectivity index (χ0n) is 11.2. The van der Waals surface area contributed by atoms with Crippen LogP contribution in [0, 0.1) is 0 Å². The van der Waals surface area contributed by atoms with Crippen LogP contribution in [0.1, 0.15) is 5.56 Å². The second kappa shape index (κ2) is 6.58. The van der Waals surface area contributed by atoms with Gasteiger partial charge in [0.25, 0.3) is 0 Å². The van der Waals surface area contributed by atoms with Crippen molar-refractivity contribution in [2.24, 2.45) is 0 Å². The van der Waals surface area contributed by atoms with E-state index in [2.05, 4.69) is 26.7 Å².